The Kier molecular flexibility index (Phi) is 6.42. The lowest BCUT2D eigenvalue weighted by molar-refractivity contribution is 0.0746. The van der Waals surface area contributed by atoms with Gasteiger partial charge in [-0.3, -0.25) is 9.59 Å². The van der Waals surface area contributed by atoms with Crippen LogP contribution in [-0.2, 0) is 6.42 Å². The van der Waals surface area contributed by atoms with Crippen LogP contribution in [0.4, 0.5) is 5.82 Å². The molecule has 3 aromatic heterocycles. The summed E-state index contributed by atoms with van der Waals surface area (Å²) in [5.41, 5.74) is 1.89. The van der Waals surface area contributed by atoms with E-state index in [0.29, 0.717) is 50.3 Å². The highest BCUT2D eigenvalue weighted by Crippen LogP contribution is 2.18. The lowest BCUT2D eigenvalue weighted by atomic mass is 10.2. The zero-order valence-electron chi connectivity index (χ0n) is 16.8. The number of aromatic nitrogens is 4. The number of amides is 2. The fourth-order valence-corrected chi connectivity index (χ4v) is 3.60. The van der Waals surface area contributed by atoms with E-state index in [1.54, 1.807) is 48.0 Å². The highest BCUT2D eigenvalue weighted by Gasteiger charge is 2.24. The molecule has 31 heavy (non-hydrogen) atoms. The molecule has 4 rings (SSSR count). The van der Waals surface area contributed by atoms with E-state index in [4.69, 9.17) is 11.6 Å². The fraction of sp³-hybridized carbons (Fsp3) is 0.286. The minimum absolute atomic E-state index is 0.118. The van der Waals surface area contributed by atoms with Gasteiger partial charge in [-0.2, -0.15) is 0 Å². The van der Waals surface area contributed by atoms with Gasteiger partial charge in [-0.05, 0) is 24.3 Å². The van der Waals surface area contributed by atoms with Crippen molar-refractivity contribution in [2.75, 3.05) is 37.6 Å². The van der Waals surface area contributed by atoms with Gasteiger partial charge in [0.1, 0.15) is 11.0 Å². The summed E-state index contributed by atoms with van der Waals surface area (Å²) in [4.78, 5) is 44.2. The topological polar surface area (TPSA) is 107 Å². The molecule has 0 aromatic carbocycles. The van der Waals surface area contributed by atoms with Gasteiger partial charge in [0.25, 0.3) is 11.8 Å². The Morgan fingerprint density at radius 1 is 1.10 bits per heavy atom. The quantitative estimate of drug-likeness (QED) is 0.567. The van der Waals surface area contributed by atoms with E-state index < -0.39 is 0 Å². The lowest BCUT2D eigenvalue weighted by Crippen LogP contribution is -2.49. The van der Waals surface area contributed by atoms with E-state index >= 15 is 0 Å². The SMILES string of the molecule is O=C(NCCc1cnc[nH]1)c1ccc(N2CCN(C(=O)c3cccnc3Cl)CC2)nc1. The summed E-state index contributed by atoms with van der Waals surface area (Å²) in [7, 11) is 0. The number of nitrogens with one attached hydrogen (secondary N) is 2. The molecule has 9 nitrogen and oxygen atoms in total. The highest BCUT2D eigenvalue weighted by atomic mass is 35.5. The third-order valence-corrected chi connectivity index (χ3v) is 5.43. The van der Waals surface area contributed by atoms with Gasteiger partial charge in [0.2, 0.25) is 0 Å². The smallest absolute Gasteiger partial charge is 0.257 e. The predicted molar refractivity (Wildman–Crippen MR) is 116 cm³/mol. The molecule has 1 aliphatic heterocycles. The molecule has 1 aliphatic rings. The highest BCUT2D eigenvalue weighted by molar-refractivity contribution is 6.32. The molecule has 0 saturated carbocycles. The molecular formula is C21H22ClN7O2. The van der Waals surface area contributed by atoms with Crippen molar-refractivity contribution >= 4 is 29.2 Å². The summed E-state index contributed by atoms with van der Waals surface area (Å²) in [5.74, 6) is 0.496. The van der Waals surface area contributed by atoms with Crippen molar-refractivity contribution in [2.45, 2.75) is 6.42 Å². The molecule has 0 bridgehead atoms. The molecule has 1 saturated heterocycles. The summed E-state index contributed by atoms with van der Waals surface area (Å²) >= 11 is 6.04. The van der Waals surface area contributed by atoms with E-state index in [1.807, 2.05) is 6.07 Å². The van der Waals surface area contributed by atoms with Crippen LogP contribution in [0.3, 0.4) is 0 Å². The summed E-state index contributed by atoms with van der Waals surface area (Å²) in [5, 5.41) is 3.09. The van der Waals surface area contributed by atoms with Crippen molar-refractivity contribution in [3.05, 3.63) is 71.2 Å². The first-order valence-electron chi connectivity index (χ1n) is 9.98. The second kappa shape index (κ2) is 9.57. The van der Waals surface area contributed by atoms with Crippen LogP contribution in [0.5, 0.6) is 0 Å². The van der Waals surface area contributed by atoms with Crippen LogP contribution < -0.4 is 10.2 Å². The molecule has 10 heteroatoms. The maximum atomic E-state index is 12.7. The molecule has 1 fully saturated rings. The maximum Gasteiger partial charge on any atom is 0.257 e. The Morgan fingerprint density at radius 2 is 1.94 bits per heavy atom. The number of hydrogen-bond donors (Lipinski definition) is 2. The van der Waals surface area contributed by atoms with Crippen LogP contribution in [-0.4, -0.2) is 69.4 Å². The Morgan fingerprint density at radius 3 is 2.61 bits per heavy atom. The van der Waals surface area contributed by atoms with E-state index in [1.165, 1.54) is 0 Å². The summed E-state index contributed by atoms with van der Waals surface area (Å²) in [6.07, 6.45) is 7.18. The number of carbonyl (C=O) groups is 2. The minimum atomic E-state index is -0.165. The number of carbonyl (C=O) groups excluding carboxylic acids is 2. The standard InChI is InChI=1S/C21H22ClN7O2/c22-19-17(2-1-6-24-19)21(31)29-10-8-28(9-11-29)18-4-3-15(12-26-18)20(30)25-7-5-16-13-23-14-27-16/h1-4,6,12-14H,5,7-11H2,(H,23,27)(H,25,30). The lowest BCUT2D eigenvalue weighted by Gasteiger charge is -2.35. The van der Waals surface area contributed by atoms with Gasteiger partial charge in [-0.15, -0.1) is 0 Å². The molecule has 0 unspecified atom stereocenters. The van der Waals surface area contributed by atoms with E-state index in [2.05, 4.69) is 30.2 Å². The molecule has 2 amide bonds. The molecular weight excluding hydrogens is 418 g/mol. The molecule has 0 spiro atoms. The van der Waals surface area contributed by atoms with E-state index in [0.717, 1.165) is 11.5 Å². The van der Waals surface area contributed by atoms with Crippen molar-refractivity contribution in [3.8, 4) is 0 Å². The first-order valence-corrected chi connectivity index (χ1v) is 10.4. The number of imidazole rings is 1. The van der Waals surface area contributed by atoms with Crippen molar-refractivity contribution in [1.29, 1.82) is 0 Å². The minimum Gasteiger partial charge on any atom is -0.353 e. The number of aromatic amines is 1. The van der Waals surface area contributed by atoms with Crippen LogP contribution in [0.25, 0.3) is 0 Å². The Hall–Kier alpha value is -3.46. The number of H-pyrrole nitrogens is 1. The van der Waals surface area contributed by atoms with Crippen molar-refractivity contribution in [2.24, 2.45) is 0 Å². The summed E-state index contributed by atoms with van der Waals surface area (Å²) < 4.78 is 0. The number of anilines is 1. The number of pyridine rings is 2. The van der Waals surface area contributed by atoms with Crippen LogP contribution in [0.15, 0.2) is 49.2 Å². The first kappa shape index (κ1) is 20.8. The summed E-state index contributed by atoms with van der Waals surface area (Å²) in [6.45, 7) is 2.92. The molecule has 0 atom stereocenters. The van der Waals surface area contributed by atoms with Gasteiger partial charge in [0.05, 0.1) is 17.5 Å². The molecule has 160 valence electrons. The Labute approximate surface area is 184 Å². The van der Waals surface area contributed by atoms with Gasteiger partial charge in [-0.1, -0.05) is 11.6 Å². The predicted octanol–water partition coefficient (Wildman–Crippen LogP) is 1.79. The third-order valence-electron chi connectivity index (χ3n) is 5.13. The van der Waals surface area contributed by atoms with Crippen LogP contribution in [0.1, 0.15) is 26.4 Å². The molecule has 0 aliphatic carbocycles. The van der Waals surface area contributed by atoms with Gasteiger partial charge in [-0.25, -0.2) is 15.0 Å². The largest absolute Gasteiger partial charge is 0.353 e. The maximum absolute atomic E-state index is 12.7. The van der Waals surface area contributed by atoms with Gasteiger partial charge in [0.15, 0.2) is 0 Å². The average molecular weight is 440 g/mol. The summed E-state index contributed by atoms with van der Waals surface area (Å²) in [6, 6.07) is 6.98. The molecule has 0 radical (unpaired) electrons. The van der Waals surface area contributed by atoms with Gasteiger partial charge >= 0.3 is 0 Å². The van der Waals surface area contributed by atoms with Crippen LogP contribution in [0.2, 0.25) is 5.15 Å². The molecule has 3 aromatic rings. The Balaban J connectivity index is 1.28. The number of piperazine rings is 1. The number of hydrogen-bond acceptors (Lipinski definition) is 6. The second-order valence-electron chi connectivity index (χ2n) is 7.11. The molecule has 2 N–H and O–H groups in total. The Bertz CT molecular complexity index is 1030. The van der Waals surface area contributed by atoms with Crippen LogP contribution >= 0.6 is 11.6 Å². The van der Waals surface area contributed by atoms with E-state index in [-0.39, 0.29) is 17.0 Å². The zero-order valence-corrected chi connectivity index (χ0v) is 17.5. The number of nitrogens with zero attached hydrogens (tertiary/aromatic N) is 5. The second-order valence-corrected chi connectivity index (χ2v) is 7.47. The van der Waals surface area contributed by atoms with Gasteiger partial charge in [0, 0.05) is 63.4 Å². The third kappa shape index (κ3) is 5.00. The van der Waals surface area contributed by atoms with Crippen molar-refractivity contribution in [3.63, 3.8) is 0 Å². The van der Waals surface area contributed by atoms with Crippen molar-refractivity contribution < 1.29 is 9.59 Å². The first-order chi connectivity index (χ1) is 15.1. The van der Waals surface area contributed by atoms with E-state index in [9.17, 15) is 9.59 Å². The normalized spacial score (nSPS) is 13.8. The zero-order chi connectivity index (χ0) is 21.6. The monoisotopic (exact) mass is 439 g/mol. The molecule has 4 heterocycles. The van der Waals surface area contributed by atoms with Gasteiger partial charge < -0.3 is 20.1 Å². The number of rotatable bonds is 6. The van der Waals surface area contributed by atoms with Crippen LogP contribution in [0, 0.1) is 0 Å². The fourth-order valence-electron chi connectivity index (χ4n) is 3.40. The van der Waals surface area contributed by atoms with Crippen molar-refractivity contribution in [1.82, 2.24) is 30.2 Å². The average Bonchev–Trinajstić information content (AvgIpc) is 3.33. The number of halogens is 1.